The summed E-state index contributed by atoms with van der Waals surface area (Å²) in [5.41, 5.74) is 0. The molecule has 2 unspecified atom stereocenters. The minimum Gasteiger partial charge on any atom is -0.312 e. The number of thiophene rings is 1. The number of hydrogen-bond donors (Lipinski definition) is 1. The van der Waals surface area contributed by atoms with Gasteiger partial charge in [0.05, 0.1) is 0 Å². The van der Waals surface area contributed by atoms with Gasteiger partial charge in [-0.2, -0.15) is 0 Å². The highest BCUT2D eigenvalue weighted by Gasteiger charge is 2.35. The number of nitrogens with one attached hydrogen (secondary N) is 1. The predicted octanol–water partition coefficient (Wildman–Crippen LogP) is 3.48. The number of hydrogen-bond acceptors (Lipinski definition) is 3. The average molecular weight is 278 g/mol. The molecule has 1 aromatic rings. The summed E-state index contributed by atoms with van der Waals surface area (Å²) in [7, 11) is 0. The molecule has 2 aliphatic rings. The SMILES string of the molecule is CCCNCc1ccc(CN2CC3CCCC3C2)s1. The van der Waals surface area contributed by atoms with Gasteiger partial charge in [-0.05, 0) is 49.8 Å². The zero-order chi connectivity index (χ0) is 13.1. The number of rotatable bonds is 6. The van der Waals surface area contributed by atoms with Crippen LogP contribution in [0.15, 0.2) is 12.1 Å². The fraction of sp³-hybridized carbons (Fsp3) is 0.750. The van der Waals surface area contributed by atoms with E-state index in [1.165, 1.54) is 50.2 Å². The Balaban J connectivity index is 1.47. The molecule has 1 N–H and O–H groups in total. The molecular formula is C16H26N2S. The molecule has 106 valence electrons. The fourth-order valence-corrected chi connectivity index (χ4v) is 4.70. The van der Waals surface area contributed by atoms with Crippen LogP contribution in [0, 0.1) is 11.8 Å². The van der Waals surface area contributed by atoms with E-state index >= 15 is 0 Å². The van der Waals surface area contributed by atoms with E-state index in [1.807, 2.05) is 11.3 Å². The first kappa shape index (κ1) is 13.6. The van der Waals surface area contributed by atoms with Gasteiger partial charge in [0.25, 0.3) is 0 Å². The molecule has 1 aliphatic heterocycles. The van der Waals surface area contributed by atoms with Crippen LogP contribution in [0.1, 0.15) is 42.4 Å². The van der Waals surface area contributed by atoms with Gasteiger partial charge >= 0.3 is 0 Å². The smallest absolute Gasteiger partial charge is 0.0328 e. The van der Waals surface area contributed by atoms with Crippen LogP contribution in [0.4, 0.5) is 0 Å². The van der Waals surface area contributed by atoms with E-state index in [0.717, 1.165) is 24.9 Å². The van der Waals surface area contributed by atoms with Crippen molar-refractivity contribution in [3.05, 3.63) is 21.9 Å². The second kappa shape index (κ2) is 6.38. The molecule has 0 amide bonds. The summed E-state index contributed by atoms with van der Waals surface area (Å²) in [6, 6.07) is 4.64. The first-order valence-corrected chi connectivity index (χ1v) is 8.67. The molecule has 19 heavy (non-hydrogen) atoms. The van der Waals surface area contributed by atoms with E-state index in [9.17, 15) is 0 Å². The van der Waals surface area contributed by atoms with Gasteiger partial charge in [0.1, 0.15) is 0 Å². The first-order valence-electron chi connectivity index (χ1n) is 7.86. The lowest BCUT2D eigenvalue weighted by atomic mass is 10.0. The van der Waals surface area contributed by atoms with Crippen molar-refractivity contribution in [3.8, 4) is 0 Å². The third-order valence-electron chi connectivity index (χ3n) is 4.62. The number of fused-ring (bicyclic) bond motifs is 1. The van der Waals surface area contributed by atoms with Crippen LogP contribution in [0.5, 0.6) is 0 Å². The summed E-state index contributed by atoms with van der Waals surface area (Å²) in [4.78, 5) is 5.72. The van der Waals surface area contributed by atoms with Crippen molar-refractivity contribution >= 4 is 11.3 Å². The molecule has 0 aromatic carbocycles. The Hall–Kier alpha value is -0.380. The van der Waals surface area contributed by atoms with Crippen molar-refractivity contribution in [2.24, 2.45) is 11.8 Å². The molecule has 0 spiro atoms. The van der Waals surface area contributed by atoms with Crippen LogP contribution in [0.3, 0.4) is 0 Å². The van der Waals surface area contributed by atoms with Gasteiger partial charge in [-0.3, -0.25) is 4.90 Å². The lowest BCUT2D eigenvalue weighted by Crippen LogP contribution is -2.20. The largest absolute Gasteiger partial charge is 0.312 e. The van der Waals surface area contributed by atoms with Crippen molar-refractivity contribution in [2.75, 3.05) is 19.6 Å². The molecule has 0 radical (unpaired) electrons. The molecule has 3 rings (SSSR count). The maximum absolute atomic E-state index is 3.49. The Morgan fingerprint density at radius 3 is 2.68 bits per heavy atom. The van der Waals surface area contributed by atoms with Crippen molar-refractivity contribution in [2.45, 2.75) is 45.7 Å². The lowest BCUT2D eigenvalue weighted by molar-refractivity contribution is 0.306. The van der Waals surface area contributed by atoms with E-state index in [0.29, 0.717) is 0 Å². The van der Waals surface area contributed by atoms with Gasteiger partial charge in [0.2, 0.25) is 0 Å². The summed E-state index contributed by atoms with van der Waals surface area (Å²) in [6.07, 6.45) is 5.67. The summed E-state index contributed by atoms with van der Waals surface area (Å²) >= 11 is 1.99. The normalized spacial score (nSPS) is 27.0. The van der Waals surface area contributed by atoms with Crippen LogP contribution in [-0.4, -0.2) is 24.5 Å². The second-order valence-electron chi connectivity index (χ2n) is 6.19. The minimum atomic E-state index is 1.02. The molecule has 1 saturated carbocycles. The first-order chi connectivity index (χ1) is 9.35. The maximum atomic E-state index is 3.49. The quantitative estimate of drug-likeness (QED) is 0.802. The van der Waals surface area contributed by atoms with E-state index < -0.39 is 0 Å². The second-order valence-corrected chi connectivity index (χ2v) is 7.44. The molecule has 2 heterocycles. The Morgan fingerprint density at radius 1 is 1.21 bits per heavy atom. The van der Waals surface area contributed by atoms with Gasteiger partial charge in [0.15, 0.2) is 0 Å². The fourth-order valence-electron chi connectivity index (χ4n) is 3.67. The van der Waals surface area contributed by atoms with E-state index in [2.05, 4.69) is 29.3 Å². The van der Waals surface area contributed by atoms with E-state index in [4.69, 9.17) is 0 Å². The van der Waals surface area contributed by atoms with Crippen LogP contribution in [0.2, 0.25) is 0 Å². The van der Waals surface area contributed by atoms with E-state index in [1.54, 1.807) is 4.88 Å². The third-order valence-corrected chi connectivity index (χ3v) is 5.69. The predicted molar refractivity (Wildman–Crippen MR) is 82.4 cm³/mol. The lowest BCUT2D eigenvalue weighted by Gasteiger charge is -2.15. The van der Waals surface area contributed by atoms with Crippen molar-refractivity contribution in [1.82, 2.24) is 10.2 Å². The number of nitrogens with zero attached hydrogens (tertiary/aromatic N) is 1. The van der Waals surface area contributed by atoms with Crippen molar-refractivity contribution < 1.29 is 0 Å². The standard InChI is InChI=1S/C16H26N2S/c1-2-8-17-9-15-6-7-16(19-15)12-18-10-13-4-3-5-14(13)11-18/h6-7,13-14,17H,2-5,8-12H2,1H3. The Labute approximate surface area is 121 Å². The maximum Gasteiger partial charge on any atom is 0.0328 e. The topological polar surface area (TPSA) is 15.3 Å². The van der Waals surface area contributed by atoms with Crippen LogP contribution in [0.25, 0.3) is 0 Å². The summed E-state index contributed by atoms with van der Waals surface area (Å²) in [5.74, 6) is 2.04. The molecule has 2 atom stereocenters. The van der Waals surface area contributed by atoms with Crippen LogP contribution in [-0.2, 0) is 13.1 Å². The number of likely N-dealkylation sites (tertiary alicyclic amines) is 1. The van der Waals surface area contributed by atoms with Crippen molar-refractivity contribution in [3.63, 3.8) is 0 Å². The van der Waals surface area contributed by atoms with Gasteiger partial charge in [0, 0.05) is 35.9 Å². The molecule has 3 heteroatoms. The zero-order valence-corrected chi connectivity index (χ0v) is 12.8. The molecule has 0 bridgehead atoms. The highest BCUT2D eigenvalue weighted by atomic mass is 32.1. The van der Waals surface area contributed by atoms with Gasteiger partial charge < -0.3 is 5.32 Å². The van der Waals surface area contributed by atoms with Gasteiger partial charge in [-0.15, -0.1) is 11.3 Å². The molecule has 1 aromatic heterocycles. The Morgan fingerprint density at radius 2 is 1.95 bits per heavy atom. The summed E-state index contributed by atoms with van der Waals surface area (Å²) in [6.45, 7) is 8.28. The summed E-state index contributed by atoms with van der Waals surface area (Å²) < 4.78 is 0. The Bertz CT molecular complexity index is 389. The van der Waals surface area contributed by atoms with Crippen molar-refractivity contribution in [1.29, 1.82) is 0 Å². The van der Waals surface area contributed by atoms with Crippen LogP contribution >= 0.6 is 11.3 Å². The monoisotopic (exact) mass is 278 g/mol. The molecule has 1 saturated heterocycles. The molecular weight excluding hydrogens is 252 g/mol. The molecule has 2 nitrogen and oxygen atoms in total. The minimum absolute atomic E-state index is 1.02. The average Bonchev–Trinajstić information content (AvgIpc) is 3.06. The Kier molecular flexibility index (Phi) is 4.57. The summed E-state index contributed by atoms with van der Waals surface area (Å²) in [5, 5.41) is 3.49. The molecule has 2 fully saturated rings. The highest BCUT2D eigenvalue weighted by molar-refractivity contribution is 7.11. The highest BCUT2D eigenvalue weighted by Crippen LogP contribution is 2.38. The van der Waals surface area contributed by atoms with E-state index in [-0.39, 0.29) is 0 Å². The third kappa shape index (κ3) is 3.39. The van der Waals surface area contributed by atoms with Gasteiger partial charge in [-0.25, -0.2) is 0 Å². The zero-order valence-electron chi connectivity index (χ0n) is 12.0. The van der Waals surface area contributed by atoms with Crippen LogP contribution < -0.4 is 5.32 Å². The molecule has 1 aliphatic carbocycles. The van der Waals surface area contributed by atoms with Gasteiger partial charge in [-0.1, -0.05) is 13.3 Å².